The van der Waals surface area contributed by atoms with Crippen LogP contribution in [0.4, 0.5) is 0 Å². The van der Waals surface area contributed by atoms with E-state index in [1.54, 1.807) is 7.05 Å². The van der Waals surface area contributed by atoms with Crippen LogP contribution in [-0.4, -0.2) is 25.1 Å². The van der Waals surface area contributed by atoms with Crippen LogP contribution in [-0.2, 0) is 16.1 Å². The summed E-state index contributed by atoms with van der Waals surface area (Å²) < 4.78 is 0. The highest BCUT2D eigenvalue weighted by Crippen LogP contribution is 2.16. The van der Waals surface area contributed by atoms with Gasteiger partial charge in [-0.3, -0.25) is 9.63 Å². The minimum Gasteiger partial charge on any atom is -0.275 e. The van der Waals surface area contributed by atoms with Gasteiger partial charge in [-0.25, -0.2) is 5.06 Å². The monoisotopic (exact) mass is 227 g/mol. The van der Waals surface area contributed by atoms with Gasteiger partial charge in [0.25, 0.3) is 0 Å². The first-order valence-electron chi connectivity index (χ1n) is 4.69. The Morgan fingerprint density at radius 2 is 2.13 bits per heavy atom. The Balaban J connectivity index is 2.51. The number of hydrogen-bond acceptors (Lipinski definition) is 2. The average molecular weight is 228 g/mol. The molecule has 0 aliphatic heterocycles. The van der Waals surface area contributed by atoms with Crippen molar-refractivity contribution in [1.29, 1.82) is 0 Å². The van der Waals surface area contributed by atoms with E-state index in [1.165, 1.54) is 12.2 Å². The maximum absolute atomic E-state index is 11.4. The Morgan fingerprint density at radius 3 is 2.73 bits per heavy atom. The number of benzene rings is 1. The molecule has 0 aliphatic carbocycles. The summed E-state index contributed by atoms with van der Waals surface area (Å²) in [6.07, 6.45) is 1.03. The number of hydrogen-bond donors (Lipinski definition) is 0. The Kier molecular flexibility index (Phi) is 4.59. The van der Waals surface area contributed by atoms with Gasteiger partial charge >= 0.3 is 0 Å². The lowest BCUT2D eigenvalue weighted by Gasteiger charge is -2.13. The number of hydroxylamine groups is 2. The first-order valence-corrected chi connectivity index (χ1v) is 5.07. The molecule has 0 bridgehead atoms. The van der Waals surface area contributed by atoms with Crippen molar-refractivity contribution >= 4 is 17.5 Å². The van der Waals surface area contributed by atoms with Gasteiger partial charge in [0.15, 0.2) is 0 Å². The molecule has 0 saturated carbocycles. The van der Waals surface area contributed by atoms with Crippen LogP contribution in [0.1, 0.15) is 12.0 Å². The summed E-state index contributed by atoms with van der Waals surface area (Å²) >= 11 is 5.96. The molecule has 0 saturated heterocycles. The molecule has 0 aliphatic rings. The second-order valence-corrected chi connectivity index (χ2v) is 3.57. The maximum Gasteiger partial charge on any atom is 0.246 e. The number of amides is 1. The van der Waals surface area contributed by atoms with E-state index in [1.807, 2.05) is 24.3 Å². The van der Waals surface area contributed by atoms with E-state index in [0.717, 1.165) is 5.56 Å². The molecule has 0 unspecified atom stereocenters. The number of rotatable bonds is 4. The molecule has 0 radical (unpaired) electrons. The molecule has 0 heterocycles. The smallest absolute Gasteiger partial charge is 0.246 e. The first kappa shape index (κ1) is 12.0. The van der Waals surface area contributed by atoms with E-state index in [2.05, 4.69) is 0 Å². The summed E-state index contributed by atoms with van der Waals surface area (Å²) in [5.74, 6) is -0.0579. The number of carbonyl (C=O) groups is 1. The predicted molar refractivity (Wildman–Crippen MR) is 59.6 cm³/mol. The minimum absolute atomic E-state index is 0.0579. The zero-order valence-corrected chi connectivity index (χ0v) is 9.62. The average Bonchev–Trinajstić information content (AvgIpc) is 2.26. The molecule has 4 heteroatoms. The summed E-state index contributed by atoms with van der Waals surface area (Å²) in [6, 6.07) is 7.52. The second-order valence-electron chi connectivity index (χ2n) is 3.17. The Labute approximate surface area is 94.5 Å². The summed E-state index contributed by atoms with van der Waals surface area (Å²) in [5, 5.41) is 1.92. The molecular weight excluding hydrogens is 214 g/mol. The number of halogens is 1. The highest BCUT2D eigenvalue weighted by atomic mass is 35.5. The van der Waals surface area contributed by atoms with Crippen LogP contribution in [0.2, 0.25) is 5.02 Å². The van der Waals surface area contributed by atoms with E-state index >= 15 is 0 Å². The summed E-state index contributed by atoms with van der Waals surface area (Å²) in [6.45, 7) is 0. The lowest BCUT2D eigenvalue weighted by Crippen LogP contribution is -2.25. The van der Waals surface area contributed by atoms with E-state index in [4.69, 9.17) is 16.4 Å². The van der Waals surface area contributed by atoms with Gasteiger partial charge in [0.2, 0.25) is 5.91 Å². The van der Waals surface area contributed by atoms with Crippen molar-refractivity contribution < 1.29 is 9.63 Å². The quantitative estimate of drug-likeness (QED) is 0.739. The van der Waals surface area contributed by atoms with Crippen molar-refractivity contribution in [2.45, 2.75) is 12.8 Å². The molecule has 15 heavy (non-hydrogen) atoms. The highest BCUT2D eigenvalue weighted by Gasteiger charge is 2.08. The van der Waals surface area contributed by atoms with Crippen molar-refractivity contribution in [3.63, 3.8) is 0 Å². The normalized spacial score (nSPS) is 10.1. The molecule has 0 N–H and O–H groups in total. The zero-order valence-electron chi connectivity index (χ0n) is 8.87. The predicted octanol–water partition coefficient (Wildman–Crippen LogP) is 2.29. The molecule has 0 spiro atoms. The molecule has 1 aromatic rings. The Bertz CT molecular complexity index is 341. The number of aryl methyl sites for hydroxylation is 1. The fourth-order valence-electron chi connectivity index (χ4n) is 1.20. The van der Waals surface area contributed by atoms with Crippen LogP contribution in [0, 0.1) is 0 Å². The first-order chi connectivity index (χ1) is 7.15. The second kappa shape index (κ2) is 5.73. The molecule has 0 atom stereocenters. The van der Waals surface area contributed by atoms with Crippen LogP contribution in [0.15, 0.2) is 24.3 Å². The molecule has 1 amide bonds. The lowest BCUT2D eigenvalue weighted by atomic mass is 10.1. The van der Waals surface area contributed by atoms with Gasteiger partial charge in [-0.15, -0.1) is 0 Å². The van der Waals surface area contributed by atoms with Crippen LogP contribution in [0.25, 0.3) is 0 Å². The molecule has 1 rings (SSSR count). The van der Waals surface area contributed by atoms with Crippen LogP contribution in [0.3, 0.4) is 0 Å². The SMILES string of the molecule is CON(C)C(=O)CCc1ccccc1Cl. The van der Waals surface area contributed by atoms with Gasteiger partial charge in [0, 0.05) is 18.5 Å². The lowest BCUT2D eigenvalue weighted by molar-refractivity contribution is -0.168. The fourth-order valence-corrected chi connectivity index (χ4v) is 1.43. The van der Waals surface area contributed by atoms with Crippen LogP contribution >= 0.6 is 11.6 Å². The van der Waals surface area contributed by atoms with E-state index < -0.39 is 0 Å². The van der Waals surface area contributed by atoms with Crippen LogP contribution < -0.4 is 0 Å². The van der Waals surface area contributed by atoms with Crippen molar-refractivity contribution in [2.24, 2.45) is 0 Å². The van der Waals surface area contributed by atoms with E-state index in [9.17, 15) is 4.79 Å². The van der Waals surface area contributed by atoms with Crippen molar-refractivity contribution in [2.75, 3.05) is 14.2 Å². The molecule has 82 valence electrons. The third kappa shape index (κ3) is 3.53. The molecule has 0 fully saturated rings. The third-order valence-electron chi connectivity index (χ3n) is 2.19. The summed E-state index contributed by atoms with van der Waals surface area (Å²) in [7, 11) is 3.06. The number of nitrogens with zero attached hydrogens (tertiary/aromatic N) is 1. The van der Waals surface area contributed by atoms with Crippen molar-refractivity contribution in [1.82, 2.24) is 5.06 Å². The highest BCUT2D eigenvalue weighted by molar-refractivity contribution is 6.31. The van der Waals surface area contributed by atoms with Gasteiger partial charge < -0.3 is 0 Å². The van der Waals surface area contributed by atoms with E-state index in [-0.39, 0.29) is 5.91 Å². The molecular formula is C11H14ClNO2. The Hall–Kier alpha value is -1.06. The van der Waals surface area contributed by atoms with Crippen molar-refractivity contribution in [3.8, 4) is 0 Å². The van der Waals surface area contributed by atoms with E-state index in [0.29, 0.717) is 17.9 Å². The largest absolute Gasteiger partial charge is 0.275 e. The summed E-state index contributed by atoms with van der Waals surface area (Å²) in [4.78, 5) is 16.2. The van der Waals surface area contributed by atoms with Crippen molar-refractivity contribution in [3.05, 3.63) is 34.9 Å². The standard InChI is InChI=1S/C11H14ClNO2/c1-13(15-2)11(14)8-7-9-5-3-4-6-10(9)12/h3-6H,7-8H2,1-2H3. The fraction of sp³-hybridized carbons (Fsp3) is 0.364. The van der Waals surface area contributed by atoms with Gasteiger partial charge in [0.1, 0.15) is 0 Å². The third-order valence-corrected chi connectivity index (χ3v) is 2.56. The molecule has 3 nitrogen and oxygen atoms in total. The topological polar surface area (TPSA) is 29.5 Å². The van der Waals surface area contributed by atoms with Crippen LogP contribution in [0.5, 0.6) is 0 Å². The molecule has 1 aromatic carbocycles. The minimum atomic E-state index is -0.0579. The Morgan fingerprint density at radius 1 is 1.47 bits per heavy atom. The van der Waals surface area contributed by atoms with Gasteiger partial charge in [0.05, 0.1) is 7.11 Å². The zero-order chi connectivity index (χ0) is 11.3. The molecule has 0 aromatic heterocycles. The number of carbonyl (C=O) groups excluding carboxylic acids is 1. The van der Waals surface area contributed by atoms with Gasteiger partial charge in [-0.1, -0.05) is 29.8 Å². The van der Waals surface area contributed by atoms with Gasteiger partial charge in [-0.05, 0) is 18.1 Å². The maximum atomic E-state index is 11.4. The summed E-state index contributed by atoms with van der Waals surface area (Å²) in [5.41, 5.74) is 0.983. The van der Waals surface area contributed by atoms with Gasteiger partial charge in [-0.2, -0.15) is 0 Å².